The molecule has 2 heterocycles. The highest BCUT2D eigenvalue weighted by atomic mass is 16.5. The zero-order valence-electron chi connectivity index (χ0n) is 12.0. The van der Waals surface area contributed by atoms with E-state index in [4.69, 9.17) is 4.74 Å². The van der Waals surface area contributed by atoms with Crippen LogP contribution in [0.2, 0.25) is 0 Å². The molecule has 3 N–H and O–H groups in total. The van der Waals surface area contributed by atoms with Crippen molar-refractivity contribution in [3.63, 3.8) is 0 Å². The molecule has 1 aliphatic rings. The molecule has 2 rings (SSSR count). The Bertz CT molecular complexity index is 457. The third kappa shape index (κ3) is 3.54. The molecule has 19 heavy (non-hydrogen) atoms. The van der Waals surface area contributed by atoms with Gasteiger partial charge in [0.25, 0.3) is 5.91 Å². The summed E-state index contributed by atoms with van der Waals surface area (Å²) in [5.41, 5.74) is 0.760. The van der Waals surface area contributed by atoms with Crippen molar-refractivity contribution in [3.8, 4) is 0 Å². The van der Waals surface area contributed by atoms with Crippen LogP contribution in [0.25, 0.3) is 0 Å². The number of aromatic amines is 1. The molecule has 1 aromatic heterocycles. The van der Waals surface area contributed by atoms with Gasteiger partial charge in [-0.1, -0.05) is 20.8 Å². The Morgan fingerprint density at radius 2 is 2.21 bits per heavy atom. The second-order valence-electron chi connectivity index (χ2n) is 6.31. The maximum atomic E-state index is 11.7. The van der Waals surface area contributed by atoms with Crippen LogP contribution in [0.5, 0.6) is 0 Å². The van der Waals surface area contributed by atoms with E-state index in [1.807, 2.05) is 13.0 Å². The monoisotopic (exact) mass is 266 g/mol. The lowest BCUT2D eigenvalue weighted by Crippen LogP contribution is -2.59. The second-order valence-corrected chi connectivity index (χ2v) is 6.31. The number of ether oxygens (including phenoxy) is 1. The van der Waals surface area contributed by atoms with Crippen LogP contribution >= 0.6 is 0 Å². The average molecular weight is 266 g/mol. The first-order valence-electron chi connectivity index (χ1n) is 6.49. The molecule has 1 amide bonds. The predicted octanol–water partition coefficient (Wildman–Crippen LogP) is 1.02. The number of carbonyl (C=O) groups is 1. The van der Waals surface area contributed by atoms with Crippen molar-refractivity contribution in [1.82, 2.24) is 15.5 Å². The molecular formula is C13H22N4O2. The molecule has 0 aromatic carbocycles. The summed E-state index contributed by atoms with van der Waals surface area (Å²) in [5, 5.41) is 12.9. The number of rotatable bonds is 4. The van der Waals surface area contributed by atoms with Gasteiger partial charge in [-0.2, -0.15) is 5.10 Å². The van der Waals surface area contributed by atoms with Gasteiger partial charge >= 0.3 is 0 Å². The number of hydrogen-bond acceptors (Lipinski definition) is 4. The molecule has 0 spiro atoms. The first-order valence-corrected chi connectivity index (χ1v) is 6.49. The van der Waals surface area contributed by atoms with E-state index in [2.05, 4.69) is 41.6 Å². The van der Waals surface area contributed by atoms with Crippen LogP contribution in [0.3, 0.4) is 0 Å². The van der Waals surface area contributed by atoms with Gasteiger partial charge in [-0.25, -0.2) is 0 Å². The van der Waals surface area contributed by atoms with Gasteiger partial charge < -0.3 is 15.4 Å². The van der Waals surface area contributed by atoms with Crippen LogP contribution < -0.4 is 10.6 Å². The molecule has 0 unspecified atom stereocenters. The Morgan fingerprint density at radius 3 is 2.68 bits per heavy atom. The Hall–Kier alpha value is -1.40. The average Bonchev–Trinajstić information content (AvgIpc) is 2.72. The summed E-state index contributed by atoms with van der Waals surface area (Å²) in [5.74, 6) is 0.357. The summed E-state index contributed by atoms with van der Waals surface area (Å²) in [4.78, 5) is 11.7. The van der Waals surface area contributed by atoms with Gasteiger partial charge in [-0.05, 0) is 6.92 Å². The minimum Gasteiger partial charge on any atom is -0.363 e. The molecule has 0 atom stereocenters. The molecule has 1 aromatic rings. The van der Waals surface area contributed by atoms with Crippen LogP contribution in [0.15, 0.2) is 6.07 Å². The number of anilines is 1. The Balaban J connectivity index is 1.83. The highest BCUT2D eigenvalue weighted by Gasteiger charge is 2.33. The molecular weight excluding hydrogens is 244 g/mol. The highest BCUT2D eigenvalue weighted by molar-refractivity contribution is 5.90. The molecule has 0 aliphatic carbocycles. The van der Waals surface area contributed by atoms with Crippen LogP contribution in [-0.2, 0) is 14.9 Å². The molecule has 106 valence electrons. The van der Waals surface area contributed by atoms with Crippen molar-refractivity contribution in [3.05, 3.63) is 11.8 Å². The summed E-state index contributed by atoms with van der Waals surface area (Å²) in [6.07, 6.45) is 0. The first-order chi connectivity index (χ1) is 8.78. The molecule has 1 fully saturated rings. The third-order valence-electron chi connectivity index (χ3n) is 3.20. The Labute approximate surface area is 113 Å². The lowest BCUT2D eigenvalue weighted by atomic mass is 9.92. The molecule has 0 saturated carbocycles. The maximum absolute atomic E-state index is 11.7. The zero-order chi connectivity index (χ0) is 14.1. The number of nitrogens with zero attached hydrogens (tertiary/aromatic N) is 1. The van der Waals surface area contributed by atoms with Gasteiger partial charge in [-0.3, -0.25) is 9.89 Å². The van der Waals surface area contributed by atoms with Gasteiger partial charge in [0.15, 0.2) is 5.82 Å². The standard InChI is InChI=1S/C13H22N4O2/c1-12(2,3)9-5-10(17-16-9)15-11(18)6-19-13(4)7-14-8-13/h5,14H,6-8H2,1-4H3,(H2,15,16,17,18). The lowest BCUT2D eigenvalue weighted by Gasteiger charge is -2.38. The van der Waals surface area contributed by atoms with E-state index in [-0.39, 0.29) is 23.5 Å². The van der Waals surface area contributed by atoms with Gasteiger partial charge in [0, 0.05) is 30.3 Å². The van der Waals surface area contributed by atoms with Crippen molar-refractivity contribution in [2.45, 2.75) is 38.7 Å². The van der Waals surface area contributed by atoms with E-state index in [9.17, 15) is 4.79 Å². The zero-order valence-corrected chi connectivity index (χ0v) is 12.0. The number of hydrogen-bond donors (Lipinski definition) is 3. The van der Waals surface area contributed by atoms with Crippen LogP contribution in [0.1, 0.15) is 33.4 Å². The fraction of sp³-hybridized carbons (Fsp3) is 0.692. The van der Waals surface area contributed by atoms with Gasteiger partial charge in [-0.15, -0.1) is 0 Å². The van der Waals surface area contributed by atoms with Gasteiger partial charge in [0.05, 0.1) is 5.60 Å². The molecule has 0 radical (unpaired) electrons. The topological polar surface area (TPSA) is 79.0 Å². The fourth-order valence-corrected chi connectivity index (χ4v) is 1.77. The molecule has 0 bridgehead atoms. The number of nitrogens with one attached hydrogen (secondary N) is 3. The van der Waals surface area contributed by atoms with Crippen molar-refractivity contribution < 1.29 is 9.53 Å². The molecule has 6 heteroatoms. The molecule has 1 saturated heterocycles. The normalized spacial score (nSPS) is 17.9. The highest BCUT2D eigenvalue weighted by Crippen LogP contribution is 2.22. The quantitative estimate of drug-likeness (QED) is 0.760. The summed E-state index contributed by atoms with van der Waals surface area (Å²) >= 11 is 0. The minimum absolute atomic E-state index is 0.0163. The van der Waals surface area contributed by atoms with Crippen molar-refractivity contribution in [2.24, 2.45) is 0 Å². The first kappa shape index (κ1) is 14.0. The van der Waals surface area contributed by atoms with E-state index < -0.39 is 0 Å². The maximum Gasteiger partial charge on any atom is 0.251 e. The molecule has 1 aliphatic heterocycles. The summed E-state index contributed by atoms with van der Waals surface area (Å²) in [6, 6.07) is 1.85. The number of carbonyl (C=O) groups excluding carboxylic acids is 1. The smallest absolute Gasteiger partial charge is 0.251 e. The second kappa shape index (κ2) is 4.94. The lowest BCUT2D eigenvalue weighted by molar-refractivity contribution is -0.130. The minimum atomic E-state index is -0.209. The van der Waals surface area contributed by atoms with Crippen molar-refractivity contribution in [2.75, 3.05) is 25.0 Å². The number of aromatic nitrogens is 2. The largest absolute Gasteiger partial charge is 0.363 e. The van der Waals surface area contributed by atoms with Crippen LogP contribution in [0.4, 0.5) is 5.82 Å². The summed E-state index contributed by atoms with van der Waals surface area (Å²) in [7, 11) is 0. The third-order valence-corrected chi connectivity index (χ3v) is 3.20. The van der Waals surface area contributed by atoms with Crippen molar-refractivity contribution in [1.29, 1.82) is 0 Å². The van der Waals surface area contributed by atoms with Crippen molar-refractivity contribution >= 4 is 11.7 Å². The number of H-pyrrole nitrogens is 1. The van der Waals surface area contributed by atoms with Gasteiger partial charge in [0.2, 0.25) is 0 Å². The SMILES string of the molecule is CC1(OCC(=O)Nc2cc(C(C)(C)C)[nH]n2)CNC1. The van der Waals surface area contributed by atoms with Crippen LogP contribution in [-0.4, -0.2) is 41.4 Å². The Kier molecular flexibility index (Phi) is 3.64. The van der Waals surface area contributed by atoms with E-state index in [0.29, 0.717) is 5.82 Å². The fourth-order valence-electron chi connectivity index (χ4n) is 1.77. The van der Waals surface area contributed by atoms with Crippen LogP contribution in [0, 0.1) is 0 Å². The van der Waals surface area contributed by atoms with E-state index in [0.717, 1.165) is 18.8 Å². The number of amides is 1. The predicted molar refractivity (Wildman–Crippen MR) is 73.1 cm³/mol. The van der Waals surface area contributed by atoms with Gasteiger partial charge in [0.1, 0.15) is 6.61 Å². The summed E-state index contributed by atoms with van der Waals surface area (Å²) in [6.45, 7) is 9.87. The molecule has 6 nitrogen and oxygen atoms in total. The van der Waals surface area contributed by atoms with E-state index in [1.165, 1.54) is 0 Å². The Morgan fingerprint density at radius 1 is 1.53 bits per heavy atom. The summed E-state index contributed by atoms with van der Waals surface area (Å²) < 4.78 is 5.56. The van der Waals surface area contributed by atoms with E-state index in [1.54, 1.807) is 0 Å². The van der Waals surface area contributed by atoms with E-state index >= 15 is 0 Å².